The highest BCUT2D eigenvalue weighted by Crippen LogP contribution is 2.37. The Morgan fingerprint density at radius 2 is 2.09 bits per heavy atom. The first-order valence-electron chi connectivity index (χ1n) is 7.29. The average molecular weight is 329 g/mol. The Hall–Kier alpha value is -2.25. The van der Waals surface area contributed by atoms with Crippen LogP contribution >= 0.6 is 0 Å². The van der Waals surface area contributed by atoms with Crippen molar-refractivity contribution in [2.45, 2.75) is 26.1 Å². The van der Waals surface area contributed by atoms with Crippen LogP contribution < -0.4 is 5.32 Å². The van der Waals surface area contributed by atoms with Crippen molar-refractivity contribution in [3.8, 4) is 0 Å². The molecule has 1 atom stereocenters. The number of carbonyl (C=O) groups is 1. The van der Waals surface area contributed by atoms with Gasteiger partial charge in [0, 0.05) is 6.54 Å². The number of hydrogen-bond acceptors (Lipinski definition) is 4. The van der Waals surface area contributed by atoms with Crippen LogP contribution in [-0.2, 0) is 10.9 Å². The van der Waals surface area contributed by atoms with E-state index in [1.807, 2.05) is 0 Å². The van der Waals surface area contributed by atoms with Gasteiger partial charge in [-0.05, 0) is 25.5 Å². The van der Waals surface area contributed by atoms with Gasteiger partial charge >= 0.3 is 12.3 Å². The number of alkyl halides is 3. The van der Waals surface area contributed by atoms with Gasteiger partial charge in [0.2, 0.25) is 5.96 Å². The number of halogens is 3. The summed E-state index contributed by atoms with van der Waals surface area (Å²) < 4.78 is 44.4. The van der Waals surface area contributed by atoms with Crippen LogP contribution in [0.3, 0.4) is 0 Å². The summed E-state index contributed by atoms with van der Waals surface area (Å²) in [5, 5.41) is 2.47. The second-order valence-corrected chi connectivity index (χ2v) is 4.90. The van der Waals surface area contributed by atoms with E-state index in [4.69, 9.17) is 4.74 Å². The largest absolute Gasteiger partial charge is 0.450 e. The average Bonchev–Trinajstić information content (AvgIpc) is 2.89. The van der Waals surface area contributed by atoms with E-state index in [-0.39, 0.29) is 24.7 Å². The third-order valence-corrected chi connectivity index (χ3v) is 3.52. The van der Waals surface area contributed by atoms with Crippen LogP contribution in [0.2, 0.25) is 0 Å². The maximum Gasteiger partial charge on any atom is 0.416 e. The fraction of sp³-hybridized carbons (Fsp3) is 0.467. The van der Waals surface area contributed by atoms with Crippen LogP contribution in [0, 0.1) is 0 Å². The molecule has 1 N–H and O–H groups in total. The molecular weight excluding hydrogens is 311 g/mol. The molecule has 0 saturated carbocycles. The number of benzene rings is 1. The van der Waals surface area contributed by atoms with Gasteiger partial charge in [-0.15, -0.1) is 0 Å². The number of aliphatic imine (C=N–C) groups is 1. The SMILES string of the molecule is CCOC(=O)NC1=NCC(c2ccccc2C(F)(F)F)N1CC. The molecule has 1 aliphatic rings. The molecule has 1 amide bonds. The molecule has 2 rings (SSSR count). The second kappa shape index (κ2) is 6.89. The summed E-state index contributed by atoms with van der Waals surface area (Å²) in [6, 6.07) is 4.85. The molecule has 1 aromatic rings. The molecule has 0 spiro atoms. The lowest BCUT2D eigenvalue weighted by molar-refractivity contribution is -0.138. The van der Waals surface area contributed by atoms with Gasteiger partial charge in [0.1, 0.15) is 0 Å². The number of amides is 1. The number of carbonyl (C=O) groups excluding carboxylic acids is 1. The summed E-state index contributed by atoms with van der Waals surface area (Å²) >= 11 is 0. The lowest BCUT2D eigenvalue weighted by atomic mass is 9.99. The standard InChI is InChI=1S/C15H18F3N3O2/c1-3-21-12(9-19-13(21)20-14(22)23-4-2)10-7-5-6-8-11(10)15(16,17)18/h5-8,12H,3-4,9H2,1-2H3,(H,19,20,22). The monoisotopic (exact) mass is 329 g/mol. The lowest BCUT2D eigenvalue weighted by Crippen LogP contribution is -2.43. The second-order valence-electron chi connectivity index (χ2n) is 4.90. The molecule has 0 saturated heterocycles. The van der Waals surface area contributed by atoms with Gasteiger partial charge in [-0.3, -0.25) is 10.3 Å². The summed E-state index contributed by atoms with van der Waals surface area (Å²) in [5.74, 6) is 0.230. The minimum Gasteiger partial charge on any atom is -0.450 e. The Balaban J connectivity index is 2.25. The fourth-order valence-corrected chi connectivity index (χ4v) is 2.56. The molecule has 1 unspecified atom stereocenters. The van der Waals surface area contributed by atoms with E-state index >= 15 is 0 Å². The molecule has 1 heterocycles. The molecule has 0 radical (unpaired) electrons. The van der Waals surface area contributed by atoms with Gasteiger partial charge in [0.15, 0.2) is 0 Å². The van der Waals surface area contributed by atoms with E-state index in [2.05, 4.69) is 10.3 Å². The van der Waals surface area contributed by atoms with Crippen LogP contribution in [-0.4, -0.2) is 36.6 Å². The summed E-state index contributed by atoms with van der Waals surface area (Å²) in [6.07, 6.45) is -5.11. The third kappa shape index (κ3) is 3.75. The quantitative estimate of drug-likeness (QED) is 0.927. The fourth-order valence-electron chi connectivity index (χ4n) is 2.56. The third-order valence-electron chi connectivity index (χ3n) is 3.52. The highest BCUT2D eigenvalue weighted by atomic mass is 19.4. The van der Waals surface area contributed by atoms with Crippen LogP contribution in [0.25, 0.3) is 0 Å². The van der Waals surface area contributed by atoms with Crippen molar-refractivity contribution < 1.29 is 22.7 Å². The molecule has 8 heteroatoms. The number of guanidine groups is 1. The number of nitrogens with zero attached hydrogens (tertiary/aromatic N) is 2. The van der Waals surface area contributed by atoms with E-state index in [1.165, 1.54) is 12.1 Å². The first-order valence-corrected chi connectivity index (χ1v) is 7.29. The number of nitrogens with one attached hydrogen (secondary N) is 1. The Kier molecular flexibility index (Phi) is 5.12. The van der Waals surface area contributed by atoms with Crippen molar-refractivity contribution in [3.63, 3.8) is 0 Å². The van der Waals surface area contributed by atoms with Crippen molar-refractivity contribution in [2.75, 3.05) is 19.7 Å². The molecule has 126 valence electrons. The molecular formula is C15H18F3N3O2. The van der Waals surface area contributed by atoms with Gasteiger partial charge in [0.25, 0.3) is 0 Å². The van der Waals surface area contributed by atoms with E-state index in [1.54, 1.807) is 24.8 Å². The van der Waals surface area contributed by atoms with Crippen molar-refractivity contribution in [1.82, 2.24) is 10.2 Å². The smallest absolute Gasteiger partial charge is 0.416 e. The minimum absolute atomic E-state index is 0.142. The highest BCUT2D eigenvalue weighted by molar-refractivity contribution is 5.95. The van der Waals surface area contributed by atoms with E-state index in [0.29, 0.717) is 6.54 Å². The van der Waals surface area contributed by atoms with Crippen molar-refractivity contribution >= 4 is 12.1 Å². The van der Waals surface area contributed by atoms with Crippen LogP contribution in [0.1, 0.15) is 31.0 Å². The van der Waals surface area contributed by atoms with Crippen molar-refractivity contribution in [1.29, 1.82) is 0 Å². The lowest BCUT2D eigenvalue weighted by Gasteiger charge is -2.28. The molecule has 0 fully saturated rings. The van der Waals surface area contributed by atoms with E-state index in [0.717, 1.165) is 6.07 Å². The van der Waals surface area contributed by atoms with Gasteiger partial charge < -0.3 is 9.64 Å². The van der Waals surface area contributed by atoms with Crippen molar-refractivity contribution in [3.05, 3.63) is 35.4 Å². The van der Waals surface area contributed by atoms with Crippen LogP contribution in [0.15, 0.2) is 29.3 Å². The zero-order valence-corrected chi connectivity index (χ0v) is 12.9. The Morgan fingerprint density at radius 3 is 2.70 bits per heavy atom. The Bertz CT molecular complexity index is 602. The predicted octanol–water partition coefficient (Wildman–Crippen LogP) is 3.18. The zero-order chi connectivity index (χ0) is 17.0. The highest BCUT2D eigenvalue weighted by Gasteiger charge is 2.38. The van der Waals surface area contributed by atoms with Crippen LogP contribution in [0.4, 0.5) is 18.0 Å². The first-order chi connectivity index (χ1) is 10.9. The van der Waals surface area contributed by atoms with E-state index in [9.17, 15) is 18.0 Å². The summed E-state index contributed by atoms with van der Waals surface area (Å²) in [5.41, 5.74) is -0.540. The molecule has 0 bridgehead atoms. The Morgan fingerprint density at radius 1 is 1.39 bits per heavy atom. The zero-order valence-electron chi connectivity index (χ0n) is 12.9. The maximum atomic E-state index is 13.2. The summed E-state index contributed by atoms with van der Waals surface area (Å²) in [4.78, 5) is 17.3. The molecule has 23 heavy (non-hydrogen) atoms. The molecule has 5 nitrogen and oxygen atoms in total. The van der Waals surface area contributed by atoms with Crippen LogP contribution in [0.5, 0.6) is 0 Å². The molecule has 0 aliphatic carbocycles. The summed E-state index contributed by atoms with van der Waals surface area (Å²) in [7, 11) is 0. The van der Waals surface area contributed by atoms with Crippen molar-refractivity contribution in [2.24, 2.45) is 4.99 Å². The topological polar surface area (TPSA) is 53.9 Å². The summed E-state index contributed by atoms with van der Waals surface area (Å²) in [6.45, 7) is 4.20. The minimum atomic E-state index is -4.44. The van der Waals surface area contributed by atoms with Gasteiger partial charge in [0.05, 0.1) is 24.8 Å². The van der Waals surface area contributed by atoms with E-state index < -0.39 is 23.9 Å². The van der Waals surface area contributed by atoms with Gasteiger partial charge in [-0.2, -0.15) is 13.2 Å². The first kappa shape index (κ1) is 17.1. The molecule has 1 aromatic carbocycles. The number of ether oxygens (including phenoxy) is 1. The number of hydrogen-bond donors (Lipinski definition) is 1. The molecule has 0 aromatic heterocycles. The van der Waals surface area contributed by atoms with Gasteiger partial charge in [-0.1, -0.05) is 18.2 Å². The van der Waals surface area contributed by atoms with Gasteiger partial charge in [-0.25, -0.2) is 4.79 Å². The number of alkyl carbamates (subject to hydrolysis) is 1. The number of likely N-dealkylation sites (N-methyl/N-ethyl adjacent to an activating group) is 1. The normalized spacial score (nSPS) is 17.9. The number of rotatable bonds is 3. The Labute approximate surface area is 132 Å². The maximum absolute atomic E-state index is 13.2. The predicted molar refractivity (Wildman–Crippen MR) is 79.0 cm³/mol. The molecule has 1 aliphatic heterocycles.